The van der Waals surface area contributed by atoms with Crippen LogP contribution in [0.2, 0.25) is 0 Å². The summed E-state index contributed by atoms with van der Waals surface area (Å²) >= 11 is 3.48. The summed E-state index contributed by atoms with van der Waals surface area (Å²) in [5, 5.41) is 0.631. The number of benzene rings is 2. The van der Waals surface area contributed by atoms with E-state index in [0.717, 1.165) is 21.3 Å². The van der Waals surface area contributed by atoms with Crippen LogP contribution in [0.25, 0.3) is 10.9 Å². The van der Waals surface area contributed by atoms with Gasteiger partial charge in [0.2, 0.25) is 0 Å². The van der Waals surface area contributed by atoms with Crippen LogP contribution in [0.5, 0.6) is 5.75 Å². The lowest BCUT2D eigenvalue weighted by Crippen LogP contribution is -2.23. The quantitative estimate of drug-likeness (QED) is 0.698. The molecule has 0 bridgehead atoms. The second-order valence-corrected chi connectivity index (χ2v) is 6.39. The number of aryl methyl sites for hydroxylation is 2. The summed E-state index contributed by atoms with van der Waals surface area (Å²) in [6.45, 7) is 4.91. The van der Waals surface area contributed by atoms with E-state index < -0.39 is 0 Å². The first kappa shape index (κ1) is 15.7. The normalized spacial score (nSPS) is 10.9. The second-order valence-electron chi connectivity index (χ2n) is 5.48. The van der Waals surface area contributed by atoms with Crippen molar-refractivity contribution in [3.8, 4) is 5.75 Å². The molecule has 118 valence electrons. The Morgan fingerprint density at radius 1 is 1.17 bits per heavy atom. The lowest BCUT2D eigenvalue weighted by molar-refractivity contribution is 0.292. The molecule has 0 aliphatic carbocycles. The summed E-state index contributed by atoms with van der Waals surface area (Å²) < 4.78 is 8.51. The van der Waals surface area contributed by atoms with Crippen molar-refractivity contribution < 1.29 is 4.74 Å². The van der Waals surface area contributed by atoms with Crippen molar-refractivity contribution >= 4 is 26.8 Å². The van der Waals surface area contributed by atoms with Gasteiger partial charge >= 0.3 is 0 Å². The molecule has 4 nitrogen and oxygen atoms in total. The number of hydrogen-bond donors (Lipinski definition) is 0. The third-order valence-electron chi connectivity index (χ3n) is 3.74. The fourth-order valence-electron chi connectivity index (χ4n) is 2.64. The van der Waals surface area contributed by atoms with E-state index in [0.29, 0.717) is 24.1 Å². The largest absolute Gasteiger partial charge is 0.491 e. The molecule has 0 atom stereocenters. The Bertz CT molecular complexity index is 895. The van der Waals surface area contributed by atoms with Crippen LogP contribution in [0.15, 0.2) is 52.0 Å². The SMILES string of the molecule is Cc1cc(Br)cc(C)c1OCCn1cnc2ccccc2c1=O. The van der Waals surface area contributed by atoms with Crippen LogP contribution in [0, 0.1) is 13.8 Å². The van der Waals surface area contributed by atoms with E-state index >= 15 is 0 Å². The van der Waals surface area contributed by atoms with Crippen LogP contribution < -0.4 is 10.3 Å². The number of rotatable bonds is 4. The van der Waals surface area contributed by atoms with Crippen molar-refractivity contribution in [1.29, 1.82) is 0 Å². The van der Waals surface area contributed by atoms with Crippen molar-refractivity contribution in [1.82, 2.24) is 9.55 Å². The van der Waals surface area contributed by atoms with Gasteiger partial charge in [0.25, 0.3) is 5.56 Å². The highest BCUT2D eigenvalue weighted by Gasteiger charge is 2.07. The minimum atomic E-state index is -0.0385. The topological polar surface area (TPSA) is 44.1 Å². The van der Waals surface area contributed by atoms with Crippen LogP contribution in [0.3, 0.4) is 0 Å². The number of nitrogens with zero attached hydrogens (tertiary/aromatic N) is 2. The van der Waals surface area contributed by atoms with E-state index in [2.05, 4.69) is 20.9 Å². The van der Waals surface area contributed by atoms with Gasteiger partial charge in [0, 0.05) is 4.47 Å². The maximum Gasteiger partial charge on any atom is 0.261 e. The minimum Gasteiger partial charge on any atom is -0.491 e. The molecule has 23 heavy (non-hydrogen) atoms. The van der Waals surface area contributed by atoms with Gasteiger partial charge in [-0.25, -0.2) is 4.98 Å². The summed E-state index contributed by atoms with van der Waals surface area (Å²) in [6.07, 6.45) is 1.58. The summed E-state index contributed by atoms with van der Waals surface area (Å²) in [5.74, 6) is 0.870. The van der Waals surface area contributed by atoms with E-state index in [1.807, 2.05) is 44.2 Å². The summed E-state index contributed by atoms with van der Waals surface area (Å²) in [7, 11) is 0. The van der Waals surface area contributed by atoms with Crippen molar-refractivity contribution in [2.45, 2.75) is 20.4 Å². The molecule has 0 amide bonds. The molecule has 3 aromatic rings. The lowest BCUT2D eigenvalue weighted by atomic mass is 10.1. The van der Waals surface area contributed by atoms with Crippen LogP contribution in [-0.2, 0) is 6.54 Å². The molecule has 0 saturated carbocycles. The van der Waals surface area contributed by atoms with E-state index in [9.17, 15) is 4.79 Å². The first-order valence-electron chi connectivity index (χ1n) is 7.40. The number of aromatic nitrogens is 2. The smallest absolute Gasteiger partial charge is 0.261 e. The predicted molar refractivity (Wildman–Crippen MR) is 95.1 cm³/mol. The predicted octanol–water partition coefficient (Wildman–Crippen LogP) is 3.85. The zero-order chi connectivity index (χ0) is 16.4. The highest BCUT2D eigenvalue weighted by Crippen LogP contribution is 2.27. The molecule has 1 aromatic heterocycles. The van der Waals surface area contributed by atoms with Gasteiger partial charge < -0.3 is 4.74 Å². The monoisotopic (exact) mass is 372 g/mol. The molecule has 0 fully saturated rings. The third-order valence-corrected chi connectivity index (χ3v) is 4.19. The van der Waals surface area contributed by atoms with Gasteiger partial charge in [-0.2, -0.15) is 0 Å². The summed E-state index contributed by atoms with van der Waals surface area (Å²) in [4.78, 5) is 16.7. The van der Waals surface area contributed by atoms with Gasteiger partial charge in [-0.3, -0.25) is 9.36 Å². The van der Waals surface area contributed by atoms with Crippen LogP contribution in [-0.4, -0.2) is 16.2 Å². The molecular formula is C18H17BrN2O2. The Morgan fingerprint density at radius 2 is 1.87 bits per heavy atom. The molecule has 1 heterocycles. The molecule has 2 aromatic carbocycles. The highest BCUT2D eigenvalue weighted by atomic mass is 79.9. The second kappa shape index (κ2) is 6.54. The molecule has 0 N–H and O–H groups in total. The number of halogens is 1. The lowest BCUT2D eigenvalue weighted by Gasteiger charge is -2.13. The number of para-hydroxylation sites is 1. The fourth-order valence-corrected chi connectivity index (χ4v) is 3.32. The number of fused-ring (bicyclic) bond motifs is 1. The van der Waals surface area contributed by atoms with E-state index in [1.165, 1.54) is 0 Å². The van der Waals surface area contributed by atoms with Gasteiger partial charge in [-0.15, -0.1) is 0 Å². The average Bonchev–Trinajstić information content (AvgIpc) is 2.52. The number of hydrogen-bond acceptors (Lipinski definition) is 3. The van der Waals surface area contributed by atoms with Crippen LogP contribution in [0.1, 0.15) is 11.1 Å². The molecule has 0 unspecified atom stereocenters. The Labute approximate surface area is 142 Å². The van der Waals surface area contributed by atoms with Gasteiger partial charge in [0.05, 0.1) is 23.8 Å². The van der Waals surface area contributed by atoms with Gasteiger partial charge in [-0.05, 0) is 49.2 Å². The molecule has 0 radical (unpaired) electrons. The van der Waals surface area contributed by atoms with E-state index in [-0.39, 0.29) is 5.56 Å². The maximum atomic E-state index is 12.4. The van der Waals surface area contributed by atoms with Gasteiger partial charge in [0.1, 0.15) is 12.4 Å². The Kier molecular flexibility index (Phi) is 4.48. The number of ether oxygens (including phenoxy) is 1. The molecule has 0 saturated heterocycles. The summed E-state index contributed by atoms with van der Waals surface area (Å²) in [5.41, 5.74) is 2.82. The molecule has 3 rings (SSSR count). The Hall–Kier alpha value is -2.14. The average molecular weight is 373 g/mol. The molecular weight excluding hydrogens is 356 g/mol. The molecule has 5 heteroatoms. The van der Waals surface area contributed by atoms with Gasteiger partial charge in [0.15, 0.2) is 0 Å². The first-order valence-corrected chi connectivity index (χ1v) is 8.19. The molecule has 0 aliphatic heterocycles. The van der Waals surface area contributed by atoms with Crippen molar-refractivity contribution in [3.05, 3.63) is 68.7 Å². The standard InChI is InChI=1S/C18H17BrN2O2/c1-12-9-14(19)10-13(2)17(12)23-8-7-21-11-20-16-6-4-3-5-15(16)18(21)22/h3-6,9-11H,7-8H2,1-2H3. The van der Waals surface area contributed by atoms with Gasteiger partial charge in [-0.1, -0.05) is 28.1 Å². The van der Waals surface area contributed by atoms with E-state index in [1.54, 1.807) is 17.0 Å². The maximum absolute atomic E-state index is 12.4. The van der Waals surface area contributed by atoms with Crippen LogP contribution >= 0.6 is 15.9 Å². The zero-order valence-corrected chi connectivity index (χ0v) is 14.6. The molecule has 0 spiro atoms. The van der Waals surface area contributed by atoms with Crippen molar-refractivity contribution in [3.63, 3.8) is 0 Å². The fraction of sp³-hybridized carbons (Fsp3) is 0.222. The third kappa shape index (κ3) is 3.29. The Balaban J connectivity index is 1.77. The minimum absolute atomic E-state index is 0.0385. The van der Waals surface area contributed by atoms with E-state index in [4.69, 9.17) is 4.74 Å². The summed E-state index contributed by atoms with van der Waals surface area (Å²) in [6, 6.07) is 11.4. The Morgan fingerprint density at radius 3 is 2.61 bits per heavy atom. The highest BCUT2D eigenvalue weighted by molar-refractivity contribution is 9.10. The zero-order valence-electron chi connectivity index (χ0n) is 13.0. The molecule has 0 aliphatic rings. The first-order chi connectivity index (χ1) is 11.1. The van der Waals surface area contributed by atoms with Crippen molar-refractivity contribution in [2.75, 3.05) is 6.61 Å². The van der Waals surface area contributed by atoms with Crippen LogP contribution in [0.4, 0.5) is 0 Å². The van der Waals surface area contributed by atoms with Crippen molar-refractivity contribution in [2.24, 2.45) is 0 Å².